The molecule has 0 fully saturated rings. The molecule has 1 aliphatic heterocycles. The zero-order valence-corrected chi connectivity index (χ0v) is 12.0. The number of aromatic nitrogens is 4. The molecule has 0 bridgehead atoms. The molecule has 0 spiro atoms. The number of rotatable bonds is 2. The summed E-state index contributed by atoms with van der Waals surface area (Å²) in [6.07, 6.45) is 3.41. The van der Waals surface area contributed by atoms with Gasteiger partial charge in [0, 0.05) is 44.2 Å². The van der Waals surface area contributed by atoms with Crippen LogP contribution in [0.5, 0.6) is 0 Å². The van der Waals surface area contributed by atoms with E-state index in [1.807, 2.05) is 12.1 Å². The molecule has 1 aliphatic rings. The van der Waals surface area contributed by atoms with Gasteiger partial charge >= 0.3 is 0 Å². The summed E-state index contributed by atoms with van der Waals surface area (Å²) in [5.41, 5.74) is 5.71. The predicted octanol–water partition coefficient (Wildman–Crippen LogP) is 1.60. The van der Waals surface area contributed by atoms with E-state index in [2.05, 4.69) is 39.0 Å². The van der Waals surface area contributed by atoms with Crippen molar-refractivity contribution in [3.8, 4) is 0 Å². The third-order valence-electron chi connectivity index (χ3n) is 4.17. The molecule has 0 unspecified atom stereocenters. The maximum absolute atomic E-state index is 4.74. The fourth-order valence-electron chi connectivity index (χ4n) is 2.99. The summed E-state index contributed by atoms with van der Waals surface area (Å²) in [6.45, 7) is 1.85. The van der Waals surface area contributed by atoms with Crippen LogP contribution < -0.4 is 5.32 Å². The first-order valence-corrected chi connectivity index (χ1v) is 7.25. The minimum absolute atomic E-state index is 0.748. The number of imidazole rings is 1. The third-order valence-corrected chi connectivity index (χ3v) is 4.17. The molecule has 3 aromatic rings. The predicted molar refractivity (Wildman–Crippen MR) is 81.0 cm³/mol. The van der Waals surface area contributed by atoms with Crippen molar-refractivity contribution >= 4 is 11.0 Å². The Balaban J connectivity index is 1.77. The average Bonchev–Trinajstić information content (AvgIpc) is 2.85. The third kappa shape index (κ3) is 2.10. The molecule has 21 heavy (non-hydrogen) atoms. The Morgan fingerprint density at radius 1 is 1.24 bits per heavy atom. The maximum atomic E-state index is 4.74. The van der Waals surface area contributed by atoms with E-state index in [-0.39, 0.29) is 0 Å². The van der Waals surface area contributed by atoms with Gasteiger partial charge in [0.15, 0.2) is 0 Å². The van der Waals surface area contributed by atoms with Gasteiger partial charge in [0.1, 0.15) is 12.2 Å². The van der Waals surface area contributed by atoms with E-state index in [0.29, 0.717) is 0 Å². The van der Waals surface area contributed by atoms with Gasteiger partial charge in [-0.05, 0) is 12.1 Å². The fourth-order valence-corrected chi connectivity index (χ4v) is 2.99. The van der Waals surface area contributed by atoms with Crippen LogP contribution in [-0.2, 0) is 26.4 Å². The molecular weight excluding hydrogens is 262 g/mol. The minimum atomic E-state index is 0.748. The normalized spacial score (nSPS) is 14.3. The van der Waals surface area contributed by atoms with Crippen molar-refractivity contribution in [1.82, 2.24) is 24.8 Å². The molecule has 0 aliphatic carbocycles. The number of benzene rings is 1. The molecule has 0 saturated carbocycles. The second-order valence-electron chi connectivity index (χ2n) is 5.42. The van der Waals surface area contributed by atoms with E-state index in [4.69, 9.17) is 4.98 Å². The Morgan fingerprint density at radius 3 is 3.05 bits per heavy atom. The van der Waals surface area contributed by atoms with Crippen molar-refractivity contribution < 1.29 is 0 Å². The van der Waals surface area contributed by atoms with E-state index in [1.54, 1.807) is 6.33 Å². The van der Waals surface area contributed by atoms with Crippen LogP contribution in [0, 0.1) is 0 Å². The van der Waals surface area contributed by atoms with E-state index in [9.17, 15) is 0 Å². The van der Waals surface area contributed by atoms with Gasteiger partial charge in [0.05, 0.1) is 16.7 Å². The molecule has 1 N–H and O–H groups in total. The lowest BCUT2D eigenvalue weighted by molar-refractivity contribution is 0.616. The Labute approximate surface area is 123 Å². The highest BCUT2D eigenvalue weighted by Gasteiger charge is 2.17. The van der Waals surface area contributed by atoms with Crippen molar-refractivity contribution in [1.29, 1.82) is 0 Å². The second kappa shape index (κ2) is 4.93. The Bertz CT molecular complexity index is 806. The van der Waals surface area contributed by atoms with Gasteiger partial charge in [-0.1, -0.05) is 12.1 Å². The fraction of sp³-hybridized carbons (Fsp3) is 0.312. The monoisotopic (exact) mass is 279 g/mol. The topological polar surface area (TPSA) is 55.6 Å². The van der Waals surface area contributed by atoms with E-state index in [0.717, 1.165) is 48.5 Å². The van der Waals surface area contributed by atoms with Crippen molar-refractivity contribution in [3.63, 3.8) is 0 Å². The number of aryl methyl sites for hydroxylation is 1. The second-order valence-corrected chi connectivity index (χ2v) is 5.42. The molecule has 0 radical (unpaired) electrons. The molecule has 106 valence electrons. The summed E-state index contributed by atoms with van der Waals surface area (Å²) in [6, 6.07) is 8.22. The van der Waals surface area contributed by atoms with Gasteiger partial charge in [-0.3, -0.25) is 0 Å². The first-order valence-electron chi connectivity index (χ1n) is 7.25. The van der Waals surface area contributed by atoms with Crippen LogP contribution in [0.15, 0.2) is 30.6 Å². The van der Waals surface area contributed by atoms with Gasteiger partial charge in [-0.2, -0.15) is 0 Å². The first kappa shape index (κ1) is 12.5. The van der Waals surface area contributed by atoms with Gasteiger partial charge in [-0.15, -0.1) is 0 Å². The van der Waals surface area contributed by atoms with Crippen LogP contribution in [0.1, 0.15) is 22.8 Å². The quantitative estimate of drug-likeness (QED) is 0.774. The molecule has 5 heteroatoms. The molecule has 0 saturated heterocycles. The van der Waals surface area contributed by atoms with Crippen molar-refractivity contribution in [3.05, 3.63) is 53.4 Å². The van der Waals surface area contributed by atoms with Crippen molar-refractivity contribution in [2.75, 3.05) is 6.54 Å². The highest BCUT2D eigenvalue weighted by molar-refractivity contribution is 5.75. The van der Waals surface area contributed by atoms with Crippen molar-refractivity contribution in [2.45, 2.75) is 19.4 Å². The molecule has 1 aromatic carbocycles. The van der Waals surface area contributed by atoms with E-state index in [1.165, 1.54) is 11.3 Å². The summed E-state index contributed by atoms with van der Waals surface area (Å²) < 4.78 is 2.15. The molecular formula is C16H17N5. The number of fused-ring (bicyclic) bond motifs is 2. The number of hydrogen-bond acceptors (Lipinski definition) is 4. The number of nitrogens with one attached hydrogen (secondary N) is 1. The van der Waals surface area contributed by atoms with E-state index < -0.39 is 0 Å². The Kier molecular flexibility index (Phi) is 2.93. The minimum Gasteiger partial charge on any atom is -0.331 e. The zero-order chi connectivity index (χ0) is 14.2. The lowest BCUT2D eigenvalue weighted by Crippen LogP contribution is -2.26. The molecule has 4 rings (SSSR count). The number of nitrogens with zero attached hydrogens (tertiary/aromatic N) is 4. The summed E-state index contributed by atoms with van der Waals surface area (Å²) in [5, 5.41) is 3.40. The lowest BCUT2D eigenvalue weighted by Gasteiger charge is -2.18. The number of hydrogen-bond donors (Lipinski definition) is 1. The van der Waals surface area contributed by atoms with Crippen LogP contribution in [0.4, 0.5) is 0 Å². The molecule has 0 amide bonds. The van der Waals surface area contributed by atoms with Crippen LogP contribution in [-0.4, -0.2) is 26.1 Å². The van der Waals surface area contributed by atoms with Gasteiger partial charge in [0.2, 0.25) is 0 Å². The maximum Gasteiger partial charge on any atom is 0.115 e. The SMILES string of the molecule is Cn1c(Cc2ncnc3c2CNCC3)nc2ccccc21. The Morgan fingerprint density at radius 2 is 2.14 bits per heavy atom. The molecule has 3 heterocycles. The standard InChI is InChI=1S/C16H17N5/c1-21-15-5-3-2-4-13(15)20-16(21)8-14-11-9-17-7-6-12(11)18-10-19-14/h2-5,10,17H,6-9H2,1H3. The number of para-hydroxylation sites is 2. The lowest BCUT2D eigenvalue weighted by atomic mass is 10.0. The average molecular weight is 279 g/mol. The van der Waals surface area contributed by atoms with Crippen LogP contribution in [0.25, 0.3) is 11.0 Å². The smallest absolute Gasteiger partial charge is 0.115 e. The molecule has 0 atom stereocenters. The first-order chi connectivity index (χ1) is 10.3. The molecule has 2 aromatic heterocycles. The van der Waals surface area contributed by atoms with Gasteiger partial charge in [0.25, 0.3) is 0 Å². The van der Waals surface area contributed by atoms with Crippen LogP contribution in [0.3, 0.4) is 0 Å². The van der Waals surface area contributed by atoms with Gasteiger partial charge in [-0.25, -0.2) is 15.0 Å². The summed E-state index contributed by atoms with van der Waals surface area (Å²) in [5.74, 6) is 1.04. The van der Waals surface area contributed by atoms with Crippen molar-refractivity contribution in [2.24, 2.45) is 7.05 Å². The summed E-state index contributed by atoms with van der Waals surface area (Å²) in [4.78, 5) is 13.6. The highest BCUT2D eigenvalue weighted by Crippen LogP contribution is 2.20. The molecule has 5 nitrogen and oxygen atoms in total. The van der Waals surface area contributed by atoms with Gasteiger partial charge < -0.3 is 9.88 Å². The summed E-state index contributed by atoms with van der Waals surface area (Å²) in [7, 11) is 2.07. The Hall–Kier alpha value is -2.27. The van der Waals surface area contributed by atoms with Crippen LogP contribution in [0.2, 0.25) is 0 Å². The van der Waals surface area contributed by atoms with Crippen LogP contribution >= 0.6 is 0 Å². The van der Waals surface area contributed by atoms with E-state index >= 15 is 0 Å². The largest absolute Gasteiger partial charge is 0.331 e. The summed E-state index contributed by atoms with van der Waals surface area (Å²) >= 11 is 0. The highest BCUT2D eigenvalue weighted by atomic mass is 15.1. The zero-order valence-electron chi connectivity index (χ0n) is 12.0.